The molecule has 0 spiro atoms. The molecule has 1 aliphatic heterocycles. The third-order valence-corrected chi connectivity index (χ3v) is 6.26. The minimum absolute atomic E-state index is 0.0735. The van der Waals surface area contributed by atoms with Gasteiger partial charge >= 0.3 is 0 Å². The zero-order valence-corrected chi connectivity index (χ0v) is 18.6. The molecule has 1 aromatic carbocycles. The number of nitrogens with zero attached hydrogens (tertiary/aromatic N) is 3. The second-order valence-corrected chi connectivity index (χ2v) is 7.87. The first kappa shape index (κ1) is 22.9. The van der Waals surface area contributed by atoms with Gasteiger partial charge in [-0.2, -0.15) is 10.5 Å². The van der Waals surface area contributed by atoms with Crippen LogP contribution in [0.1, 0.15) is 51.0 Å². The Kier molecular flexibility index (Phi) is 6.45. The molecule has 2 N–H and O–H groups in total. The number of nitrogens with two attached hydrogens (primary N) is 1. The van der Waals surface area contributed by atoms with E-state index < -0.39 is 22.7 Å². The second kappa shape index (κ2) is 8.74. The van der Waals surface area contributed by atoms with Crippen LogP contribution in [0.3, 0.4) is 0 Å². The average Bonchev–Trinajstić information content (AvgIpc) is 3.37. The zero-order chi connectivity index (χ0) is 22.7. The first-order valence-electron chi connectivity index (χ1n) is 10.7. The van der Waals surface area contributed by atoms with Gasteiger partial charge in [-0.25, -0.2) is 4.99 Å². The molecule has 31 heavy (non-hydrogen) atoms. The van der Waals surface area contributed by atoms with Gasteiger partial charge < -0.3 is 24.7 Å². The highest BCUT2D eigenvalue weighted by Crippen LogP contribution is 2.82. The van der Waals surface area contributed by atoms with Crippen LogP contribution in [0.25, 0.3) is 0 Å². The molecule has 3 atom stereocenters. The Morgan fingerprint density at radius 3 is 2.10 bits per heavy atom. The summed E-state index contributed by atoms with van der Waals surface area (Å²) in [4.78, 5) is 4.48. The van der Waals surface area contributed by atoms with Crippen LogP contribution in [0.5, 0.6) is 11.5 Å². The van der Waals surface area contributed by atoms with Crippen molar-refractivity contribution in [1.82, 2.24) is 0 Å². The molecule has 8 nitrogen and oxygen atoms in total. The van der Waals surface area contributed by atoms with E-state index in [1.54, 1.807) is 19.2 Å². The van der Waals surface area contributed by atoms with E-state index in [0.29, 0.717) is 24.7 Å². The number of fused-ring (bicyclic) bond motifs is 1. The fourth-order valence-electron chi connectivity index (χ4n) is 4.60. The quantitative estimate of drug-likeness (QED) is 0.424. The van der Waals surface area contributed by atoms with Gasteiger partial charge in [-0.05, 0) is 30.5 Å². The van der Waals surface area contributed by atoms with Gasteiger partial charge in [0, 0.05) is 5.92 Å². The number of unbranched alkanes of at least 4 members (excludes halogenated alkanes) is 2. The number of hydrogen-bond donors (Lipinski definition) is 1. The lowest BCUT2D eigenvalue weighted by Gasteiger charge is -2.32. The average molecular weight is 427 g/mol. The molecular formula is C23H30N4O4. The van der Waals surface area contributed by atoms with E-state index in [2.05, 4.69) is 17.1 Å². The number of aliphatic imine (C=N–C) groups is 1. The van der Waals surface area contributed by atoms with Crippen LogP contribution in [0.2, 0.25) is 0 Å². The number of rotatable bonds is 11. The Hall–Kier alpha value is -2.81. The summed E-state index contributed by atoms with van der Waals surface area (Å²) in [5.74, 6) is -1.06. The Balaban J connectivity index is 2.12. The number of nitriles is 2. The van der Waals surface area contributed by atoms with Crippen molar-refractivity contribution in [2.75, 3.05) is 27.4 Å². The Bertz CT molecular complexity index is 924. The molecule has 0 bridgehead atoms. The lowest BCUT2D eigenvalue weighted by atomic mass is 9.93. The van der Waals surface area contributed by atoms with E-state index in [1.807, 2.05) is 19.9 Å². The SMILES string of the molecule is CCCCOC1(OCCCC)N=C(N)C2(C#N)C(c3ccc(OC)c(OC)c3)C12C#N. The molecule has 0 amide bonds. The van der Waals surface area contributed by atoms with Crippen molar-refractivity contribution in [3.63, 3.8) is 0 Å². The number of methoxy groups -OCH3 is 2. The lowest BCUT2D eigenvalue weighted by Crippen LogP contribution is -2.44. The van der Waals surface area contributed by atoms with Gasteiger partial charge in [0.05, 0.1) is 39.6 Å². The van der Waals surface area contributed by atoms with Gasteiger partial charge in [0.25, 0.3) is 5.91 Å². The molecule has 1 aromatic rings. The minimum atomic E-state index is -1.62. The van der Waals surface area contributed by atoms with Crippen molar-refractivity contribution in [2.45, 2.75) is 51.4 Å². The first-order chi connectivity index (χ1) is 15.0. The highest BCUT2D eigenvalue weighted by Gasteiger charge is 2.93. The summed E-state index contributed by atoms with van der Waals surface area (Å²) in [7, 11) is 3.09. The number of ether oxygens (including phenoxy) is 4. The summed E-state index contributed by atoms with van der Waals surface area (Å²) in [6.45, 7) is 4.79. The van der Waals surface area contributed by atoms with E-state index in [9.17, 15) is 10.5 Å². The number of benzene rings is 1. The third-order valence-electron chi connectivity index (χ3n) is 6.26. The predicted octanol–water partition coefficient (Wildman–Crippen LogP) is 3.48. The van der Waals surface area contributed by atoms with E-state index in [4.69, 9.17) is 24.7 Å². The molecule has 166 valence electrons. The zero-order valence-electron chi connectivity index (χ0n) is 18.6. The summed E-state index contributed by atoms with van der Waals surface area (Å²) in [6, 6.07) is 10.00. The van der Waals surface area contributed by atoms with E-state index in [-0.39, 0.29) is 5.84 Å². The first-order valence-corrected chi connectivity index (χ1v) is 10.7. The fourth-order valence-corrected chi connectivity index (χ4v) is 4.60. The Morgan fingerprint density at radius 2 is 1.61 bits per heavy atom. The standard InChI is InChI=1S/C23H30N4O4/c1-5-7-11-30-23(31-12-8-6-2)22(15-25)19(21(22,14-24)20(26)27-23)16-9-10-17(28-3)18(13-16)29-4/h9-10,13,19H,5-8,11-12H2,1-4H3,(H2,26,27). The van der Waals surface area contributed by atoms with Crippen molar-refractivity contribution < 1.29 is 18.9 Å². The molecule has 0 aromatic heterocycles. The van der Waals surface area contributed by atoms with E-state index in [1.165, 1.54) is 7.11 Å². The summed E-state index contributed by atoms with van der Waals surface area (Å²) in [5, 5.41) is 20.7. The van der Waals surface area contributed by atoms with E-state index >= 15 is 0 Å². The molecule has 2 aliphatic rings. The molecule has 3 unspecified atom stereocenters. The largest absolute Gasteiger partial charge is 0.493 e. The Labute approximate surface area is 183 Å². The van der Waals surface area contributed by atoms with Crippen LogP contribution < -0.4 is 15.2 Å². The molecule has 0 radical (unpaired) electrons. The molecular weight excluding hydrogens is 396 g/mol. The van der Waals surface area contributed by atoms with Crippen molar-refractivity contribution in [1.29, 1.82) is 10.5 Å². The molecule has 1 aliphatic carbocycles. The van der Waals surface area contributed by atoms with E-state index in [0.717, 1.165) is 31.2 Å². The smallest absolute Gasteiger partial charge is 0.293 e. The summed E-state index contributed by atoms with van der Waals surface area (Å²) in [5.41, 5.74) is 4.33. The molecule has 0 saturated heterocycles. The van der Waals surface area contributed by atoms with Crippen molar-refractivity contribution >= 4 is 5.84 Å². The number of amidine groups is 1. The lowest BCUT2D eigenvalue weighted by molar-refractivity contribution is -0.260. The van der Waals surface area contributed by atoms with Crippen LogP contribution in [-0.2, 0) is 9.47 Å². The maximum Gasteiger partial charge on any atom is 0.293 e. The molecule has 1 heterocycles. The maximum atomic E-state index is 10.4. The predicted molar refractivity (Wildman–Crippen MR) is 114 cm³/mol. The summed E-state index contributed by atoms with van der Waals surface area (Å²) < 4.78 is 23.1. The van der Waals surface area contributed by atoms with Crippen molar-refractivity contribution in [3.05, 3.63) is 23.8 Å². The highest BCUT2D eigenvalue weighted by atomic mass is 16.7. The fraction of sp³-hybridized carbons (Fsp3) is 0.609. The normalized spacial score (nSPS) is 27.5. The highest BCUT2D eigenvalue weighted by molar-refractivity contribution is 6.00. The van der Waals surface area contributed by atoms with Gasteiger partial charge in [-0.15, -0.1) is 0 Å². The third kappa shape index (κ3) is 3.05. The topological polar surface area (TPSA) is 123 Å². The maximum absolute atomic E-state index is 10.4. The molecule has 8 heteroatoms. The van der Waals surface area contributed by atoms with Gasteiger partial charge in [0.15, 0.2) is 16.9 Å². The van der Waals surface area contributed by atoms with Crippen LogP contribution in [0, 0.1) is 33.5 Å². The number of hydrogen-bond acceptors (Lipinski definition) is 8. The van der Waals surface area contributed by atoms with Gasteiger partial charge in [0.1, 0.15) is 11.3 Å². The van der Waals surface area contributed by atoms with Crippen LogP contribution in [-0.4, -0.2) is 39.2 Å². The summed E-state index contributed by atoms with van der Waals surface area (Å²) >= 11 is 0. The molecule has 1 fully saturated rings. The van der Waals surface area contributed by atoms with Crippen LogP contribution >= 0.6 is 0 Å². The monoisotopic (exact) mass is 426 g/mol. The Morgan fingerprint density at radius 1 is 1.00 bits per heavy atom. The van der Waals surface area contributed by atoms with Gasteiger partial charge in [0.2, 0.25) is 0 Å². The minimum Gasteiger partial charge on any atom is -0.493 e. The van der Waals surface area contributed by atoms with Crippen LogP contribution in [0.4, 0.5) is 0 Å². The molecule has 3 rings (SSSR count). The molecule has 1 saturated carbocycles. The van der Waals surface area contributed by atoms with Crippen LogP contribution in [0.15, 0.2) is 23.2 Å². The van der Waals surface area contributed by atoms with Crippen molar-refractivity contribution in [2.24, 2.45) is 21.6 Å². The summed E-state index contributed by atoms with van der Waals surface area (Å²) in [6.07, 6.45) is 3.37. The van der Waals surface area contributed by atoms with Crippen molar-refractivity contribution in [3.8, 4) is 23.6 Å². The van der Waals surface area contributed by atoms with Gasteiger partial charge in [-0.3, -0.25) is 0 Å². The second-order valence-electron chi connectivity index (χ2n) is 7.87. The van der Waals surface area contributed by atoms with Gasteiger partial charge in [-0.1, -0.05) is 32.8 Å².